The molecule has 1 aromatic rings. The Morgan fingerprint density at radius 2 is 1.91 bits per heavy atom. The van der Waals surface area contributed by atoms with Gasteiger partial charge in [0.05, 0.1) is 6.61 Å². The van der Waals surface area contributed by atoms with Crippen LogP contribution in [0.3, 0.4) is 0 Å². The minimum Gasteiger partial charge on any atom is -0.494 e. The molecular weight excluding hydrogens is 295 g/mol. The van der Waals surface area contributed by atoms with E-state index in [0.717, 1.165) is 6.42 Å². The summed E-state index contributed by atoms with van der Waals surface area (Å²) in [4.78, 5) is 11.6. The highest BCUT2D eigenvalue weighted by atomic mass is 19.1. The maximum atomic E-state index is 12.7. The Balaban J connectivity index is 1.48. The molecule has 0 saturated heterocycles. The average Bonchev–Trinajstić information content (AvgIpc) is 2.57. The normalized spacial score (nSPS) is 14.0. The van der Waals surface area contributed by atoms with Gasteiger partial charge in [0.15, 0.2) is 0 Å². The third kappa shape index (κ3) is 7.17. The SMILES string of the molecule is O=C(NCCCOc1ccc(F)cc1)NCCC1=CCCCC1. The zero-order chi connectivity index (χ0) is 16.3. The molecule has 0 aromatic heterocycles. The second kappa shape index (κ2) is 9.87. The zero-order valence-corrected chi connectivity index (χ0v) is 13.4. The molecule has 2 amide bonds. The van der Waals surface area contributed by atoms with Gasteiger partial charge >= 0.3 is 6.03 Å². The Hall–Kier alpha value is -2.04. The number of carbonyl (C=O) groups excluding carboxylic acids is 1. The van der Waals surface area contributed by atoms with Crippen LogP contribution in [-0.2, 0) is 0 Å². The summed E-state index contributed by atoms with van der Waals surface area (Å²) in [7, 11) is 0. The number of hydrogen-bond acceptors (Lipinski definition) is 2. The molecule has 2 rings (SSSR count). The molecule has 23 heavy (non-hydrogen) atoms. The lowest BCUT2D eigenvalue weighted by atomic mass is 9.97. The second-order valence-electron chi connectivity index (χ2n) is 5.70. The lowest BCUT2D eigenvalue weighted by Gasteiger charge is -2.13. The van der Waals surface area contributed by atoms with Crippen molar-refractivity contribution in [1.29, 1.82) is 0 Å². The Bertz CT molecular complexity index is 514. The number of urea groups is 1. The first-order chi connectivity index (χ1) is 11.2. The number of rotatable bonds is 8. The number of halogens is 1. The van der Waals surface area contributed by atoms with E-state index in [1.807, 2.05) is 0 Å². The second-order valence-corrected chi connectivity index (χ2v) is 5.70. The lowest BCUT2D eigenvalue weighted by molar-refractivity contribution is 0.239. The quantitative estimate of drug-likeness (QED) is 0.565. The molecule has 0 aliphatic heterocycles. The van der Waals surface area contributed by atoms with Crippen molar-refractivity contribution in [2.75, 3.05) is 19.7 Å². The van der Waals surface area contributed by atoms with Crippen LogP contribution in [0.2, 0.25) is 0 Å². The number of amides is 2. The first-order valence-electron chi connectivity index (χ1n) is 8.32. The van der Waals surface area contributed by atoms with Gasteiger partial charge in [-0.05, 0) is 62.8 Å². The van der Waals surface area contributed by atoms with Gasteiger partial charge in [0.1, 0.15) is 11.6 Å². The Morgan fingerprint density at radius 3 is 2.65 bits per heavy atom. The fourth-order valence-electron chi connectivity index (χ4n) is 2.53. The summed E-state index contributed by atoms with van der Waals surface area (Å²) < 4.78 is 18.2. The van der Waals surface area contributed by atoms with Crippen molar-refractivity contribution < 1.29 is 13.9 Å². The van der Waals surface area contributed by atoms with E-state index in [9.17, 15) is 9.18 Å². The fourth-order valence-corrected chi connectivity index (χ4v) is 2.53. The molecule has 5 heteroatoms. The Labute approximate surface area is 137 Å². The van der Waals surface area contributed by atoms with Gasteiger partial charge in [0.2, 0.25) is 0 Å². The highest BCUT2D eigenvalue weighted by Gasteiger charge is 2.04. The average molecular weight is 320 g/mol. The van der Waals surface area contributed by atoms with Gasteiger partial charge in [-0.3, -0.25) is 0 Å². The minimum atomic E-state index is -0.278. The highest BCUT2D eigenvalue weighted by Crippen LogP contribution is 2.19. The number of hydrogen-bond donors (Lipinski definition) is 2. The van der Waals surface area contributed by atoms with Crippen LogP contribution in [0.1, 0.15) is 38.5 Å². The van der Waals surface area contributed by atoms with Crippen molar-refractivity contribution in [3.63, 3.8) is 0 Å². The summed E-state index contributed by atoms with van der Waals surface area (Å²) in [5, 5.41) is 5.68. The summed E-state index contributed by atoms with van der Waals surface area (Å²) in [5.74, 6) is 0.358. The number of nitrogens with one attached hydrogen (secondary N) is 2. The zero-order valence-electron chi connectivity index (χ0n) is 13.4. The smallest absolute Gasteiger partial charge is 0.314 e. The van der Waals surface area contributed by atoms with Crippen LogP contribution in [0.5, 0.6) is 5.75 Å². The standard InChI is InChI=1S/C18H25FN2O2/c19-16-7-9-17(10-8-16)23-14-4-12-20-18(22)21-13-11-15-5-2-1-3-6-15/h5,7-10H,1-4,6,11-14H2,(H2,20,21,22). The largest absolute Gasteiger partial charge is 0.494 e. The molecular formula is C18H25FN2O2. The first-order valence-corrected chi connectivity index (χ1v) is 8.32. The van der Waals surface area contributed by atoms with Crippen LogP contribution >= 0.6 is 0 Å². The molecule has 0 saturated carbocycles. The monoisotopic (exact) mass is 320 g/mol. The van der Waals surface area contributed by atoms with E-state index >= 15 is 0 Å². The lowest BCUT2D eigenvalue weighted by Crippen LogP contribution is -2.37. The predicted octanol–water partition coefficient (Wildman–Crippen LogP) is 3.78. The van der Waals surface area contributed by atoms with Crippen molar-refractivity contribution in [2.24, 2.45) is 0 Å². The van der Waals surface area contributed by atoms with E-state index in [0.29, 0.717) is 31.9 Å². The molecule has 0 radical (unpaired) electrons. The number of allylic oxidation sites excluding steroid dienone is 1. The third-order valence-electron chi connectivity index (χ3n) is 3.81. The molecule has 0 spiro atoms. The van der Waals surface area contributed by atoms with Crippen molar-refractivity contribution in [1.82, 2.24) is 10.6 Å². The van der Waals surface area contributed by atoms with Gasteiger partial charge in [-0.1, -0.05) is 11.6 Å². The van der Waals surface area contributed by atoms with Gasteiger partial charge in [0.25, 0.3) is 0 Å². The van der Waals surface area contributed by atoms with Crippen molar-refractivity contribution >= 4 is 6.03 Å². The molecule has 4 nitrogen and oxygen atoms in total. The topological polar surface area (TPSA) is 50.4 Å². The number of benzene rings is 1. The summed E-state index contributed by atoms with van der Waals surface area (Å²) in [6.45, 7) is 1.72. The first kappa shape index (κ1) is 17.3. The summed E-state index contributed by atoms with van der Waals surface area (Å²) >= 11 is 0. The molecule has 1 aromatic carbocycles. The van der Waals surface area contributed by atoms with Crippen LogP contribution in [0, 0.1) is 5.82 Å². The van der Waals surface area contributed by atoms with Crippen LogP contribution in [-0.4, -0.2) is 25.7 Å². The molecule has 1 aliphatic rings. The Morgan fingerprint density at radius 1 is 1.13 bits per heavy atom. The van der Waals surface area contributed by atoms with E-state index in [-0.39, 0.29) is 11.8 Å². The molecule has 0 heterocycles. The van der Waals surface area contributed by atoms with Gasteiger partial charge in [-0.2, -0.15) is 0 Å². The maximum absolute atomic E-state index is 12.7. The molecule has 126 valence electrons. The Kier molecular flexibility index (Phi) is 7.43. The van der Waals surface area contributed by atoms with Crippen LogP contribution < -0.4 is 15.4 Å². The van der Waals surface area contributed by atoms with Gasteiger partial charge < -0.3 is 15.4 Å². The van der Waals surface area contributed by atoms with E-state index < -0.39 is 0 Å². The van der Waals surface area contributed by atoms with Gasteiger partial charge in [-0.15, -0.1) is 0 Å². The molecule has 0 atom stereocenters. The van der Waals surface area contributed by atoms with Crippen molar-refractivity contribution in [3.05, 3.63) is 41.7 Å². The van der Waals surface area contributed by atoms with Crippen LogP contribution in [0.25, 0.3) is 0 Å². The third-order valence-corrected chi connectivity index (χ3v) is 3.81. The summed E-state index contributed by atoms with van der Waals surface area (Å²) in [6, 6.07) is 5.78. The highest BCUT2D eigenvalue weighted by molar-refractivity contribution is 5.73. The molecule has 0 fully saturated rings. The van der Waals surface area contributed by atoms with Gasteiger partial charge in [0, 0.05) is 13.1 Å². The fraction of sp³-hybridized carbons (Fsp3) is 0.500. The molecule has 0 unspecified atom stereocenters. The summed E-state index contributed by atoms with van der Waals surface area (Å²) in [6.07, 6.45) is 8.86. The van der Waals surface area contributed by atoms with Crippen LogP contribution in [0.15, 0.2) is 35.9 Å². The van der Waals surface area contributed by atoms with Crippen molar-refractivity contribution in [3.8, 4) is 5.75 Å². The molecule has 0 bridgehead atoms. The number of carbonyl (C=O) groups is 1. The number of ether oxygens (including phenoxy) is 1. The minimum absolute atomic E-state index is 0.136. The van der Waals surface area contributed by atoms with E-state index in [4.69, 9.17) is 4.74 Å². The summed E-state index contributed by atoms with van der Waals surface area (Å²) in [5.41, 5.74) is 1.46. The van der Waals surface area contributed by atoms with E-state index in [1.54, 1.807) is 12.1 Å². The van der Waals surface area contributed by atoms with E-state index in [1.165, 1.54) is 43.4 Å². The maximum Gasteiger partial charge on any atom is 0.314 e. The molecule has 2 N–H and O–H groups in total. The molecule has 1 aliphatic carbocycles. The van der Waals surface area contributed by atoms with Gasteiger partial charge in [-0.25, -0.2) is 9.18 Å². The van der Waals surface area contributed by atoms with Crippen LogP contribution in [0.4, 0.5) is 9.18 Å². The van der Waals surface area contributed by atoms with Crippen molar-refractivity contribution in [2.45, 2.75) is 38.5 Å². The van der Waals surface area contributed by atoms with E-state index in [2.05, 4.69) is 16.7 Å². The predicted molar refractivity (Wildman–Crippen MR) is 89.1 cm³/mol.